The molecular weight excluding hydrogens is 489 g/mol. The number of likely N-dealkylation sites (tertiary alicyclic amines) is 1. The lowest BCUT2D eigenvalue weighted by molar-refractivity contribution is -0.154. The summed E-state index contributed by atoms with van der Waals surface area (Å²) in [5.41, 5.74) is 0.377. The topological polar surface area (TPSA) is 90.4 Å². The molecule has 0 aromatic heterocycles. The lowest BCUT2D eigenvalue weighted by atomic mass is 9.75. The Labute approximate surface area is 220 Å². The molecule has 0 saturated carbocycles. The first-order valence-corrected chi connectivity index (χ1v) is 12.3. The van der Waals surface area contributed by atoms with Crippen molar-refractivity contribution in [2.75, 3.05) is 37.0 Å². The van der Waals surface area contributed by atoms with Crippen LogP contribution in [0.2, 0.25) is 0 Å². The molecule has 1 aliphatic heterocycles. The maximum atomic E-state index is 13.8. The monoisotopic (exact) mass is 519 g/mol. The molecule has 1 fully saturated rings. The second kappa shape index (κ2) is 11.3. The number of halogens is 1. The van der Waals surface area contributed by atoms with Crippen molar-refractivity contribution < 1.29 is 28.6 Å². The van der Waals surface area contributed by atoms with Gasteiger partial charge in [0.25, 0.3) is 0 Å². The molecule has 8 nitrogen and oxygen atoms in total. The van der Waals surface area contributed by atoms with Crippen LogP contribution in [-0.2, 0) is 9.59 Å². The van der Waals surface area contributed by atoms with Gasteiger partial charge in [-0.3, -0.25) is 19.4 Å². The summed E-state index contributed by atoms with van der Waals surface area (Å²) in [6.45, 7) is 0.350. The molecule has 1 heterocycles. The van der Waals surface area contributed by atoms with Crippen molar-refractivity contribution in [1.82, 2.24) is 4.90 Å². The average Bonchev–Trinajstić information content (AvgIpc) is 2.94. The van der Waals surface area contributed by atoms with E-state index in [1.54, 1.807) is 48.3 Å². The van der Waals surface area contributed by atoms with Crippen LogP contribution in [0.25, 0.3) is 0 Å². The summed E-state index contributed by atoms with van der Waals surface area (Å²) in [4.78, 5) is 43.8. The average molecular weight is 520 g/mol. The smallest absolute Gasteiger partial charge is 0.324 e. The van der Waals surface area contributed by atoms with Crippen LogP contribution in [0.3, 0.4) is 0 Å². The van der Waals surface area contributed by atoms with E-state index in [1.807, 2.05) is 18.2 Å². The number of anilines is 3. The number of hydrogen-bond donors (Lipinski definition) is 1. The fraction of sp³-hybridized carbons (Fsp3) is 0.276. The number of methoxy groups -OCH3 is 1. The van der Waals surface area contributed by atoms with Gasteiger partial charge < -0.3 is 14.7 Å². The summed E-state index contributed by atoms with van der Waals surface area (Å²) in [5.74, 6) is -1.26. The number of hydrogen-bond acceptors (Lipinski definition) is 4. The number of rotatable bonds is 7. The van der Waals surface area contributed by atoms with Gasteiger partial charge in [0.2, 0.25) is 5.91 Å². The highest BCUT2D eigenvalue weighted by Gasteiger charge is 2.45. The quantitative estimate of drug-likeness (QED) is 0.457. The van der Waals surface area contributed by atoms with Crippen molar-refractivity contribution in [1.29, 1.82) is 0 Å². The van der Waals surface area contributed by atoms with Crippen molar-refractivity contribution >= 4 is 35.0 Å². The van der Waals surface area contributed by atoms with Crippen LogP contribution in [0.5, 0.6) is 5.75 Å². The number of nitrogens with zero attached hydrogens (tertiary/aromatic N) is 3. The van der Waals surface area contributed by atoms with Gasteiger partial charge >= 0.3 is 12.0 Å². The zero-order valence-corrected chi connectivity index (χ0v) is 21.3. The number of benzene rings is 3. The number of amides is 3. The van der Waals surface area contributed by atoms with Gasteiger partial charge in [-0.2, -0.15) is 0 Å². The maximum absolute atomic E-state index is 13.8. The van der Waals surface area contributed by atoms with Gasteiger partial charge in [-0.25, -0.2) is 9.18 Å². The second-order valence-electron chi connectivity index (χ2n) is 9.33. The van der Waals surface area contributed by atoms with Crippen molar-refractivity contribution in [2.24, 2.45) is 5.41 Å². The molecule has 0 unspecified atom stereocenters. The number of ether oxygens (including phenoxy) is 1. The van der Waals surface area contributed by atoms with Crippen LogP contribution in [0.15, 0.2) is 78.9 Å². The van der Waals surface area contributed by atoms with Gasteiger partial charge in [0.15, 0.2) is 0 Å². The van der Waals surface area contributed by atoms with Gasteiger partial charge in [0.1, 0.15) is 11.6 Å². The van der Waals surface area contributed by atoms with E-state index in [0.717, 1.165) is 0 Å². The van der Waals surface area contributed by atoms with E-state index in [4.69, 9.17) is 4.74 Å². The van der Waals surface area contributed by atoms with Gasteiger partial charge in [0, 0.05) is 44.0 Å². The third kappa shape index (κ3) is 5.61. The van der Waals surface area contributed by atoms with Gasteiger partial charge in [0.05, 0.1) is 18.2 Å². The standard InChI is InChI=1S/C29H30FN3O5/c1-31(22-13-11-21(30)12-14-22)28(37)32-17-15-29(16-18-32,27(35)36)20-26(34)33(23-7-4-3-5-8-23)24-9-6-10-25(19-24)38-2/h3-14,19H,15-18,20H2,1-2H3,(H,35,36). The van der Waals surface area contributed by atoms with Gasteiger partial charge in [-0.15, -0.1) is 0 Å². The Morgan fingerprint density at radius 2 is 1.55 bits per heavy atom. The molecule has 38 heavy (non-hydrogen) atoms. The third-order valence-corrected chi connectivity index (χ3v) is 7.01. The Balaban J connectivity index is 1.53. The SMILES string of the molecule is COc1cccc(N(C(=O)CC2(C(=O)O)CCN(C(=O)N(C)c3ccc(F)cc3)CC2)c2ccccc2)c1. The van der Waals surface area contributed by atoms with E-state index in [0.29, 0.717) is 22.8 Å². The van der Waals surface area contributed by atoms with E-state index < -0.39 is 17.2 Å². The number of aliphatic carboxylic acids is 1. The summed E-state index contributed by atoms with van der Waals surface area (Å²) in [5, 5.41) is 10.2. The summed E-state index contributed by atoms with van der Waals surface area (Å²) >= 11 is 0. The van der Waals surface area contributed by atoms with Crippen LogP contribution < -0.4 is 14.5 Å². The summed E-state index contributed by atoms with van der Waals surface area (Å²) in [6, 6.07) is 21.3. The highest BCUT2D eigenvalue weighted by Crippen LogP contribution is 2.39. The Morgan fingerprint density at radius 3 is 2.16 bits per heavy atom. The normalized spacial score (nSPS) is 14.4. The number of urea groups is 1. The number of carboxylic acids is 1. The first-order chi connectivity index (χ1) is 18.2. The zero-order chi connectivity index (χ0) is 27.3. The van der Waals surface area contributed by atoms with Crippen LogP contribution in [0, 0.1) is 11.2 Å². The molecule has 0 aliphatic carbocycles. The number of carboxylic acid groups (broad SMARTS) is 1. The molecule has 198 valence electrons. The lowest BCUT2D eigenvalue weighted by Crippen LogP contribution is -2.51. The Morgan fingerprint density at radius 1 is 0.921 bits per heavy atom. The van der Waals surface area contributed by atoms with Gasteiger partial charge in [-0.1, -0.05) is 24.3 Å². The van der Waals surface area contributed by atoms with E-state index in [1.165, 1.54) is 41.2 Å². The highest BCUT2D eigenvalue weighted by atomic mass is 19.1. The first kappa shape index (κ1) is 26.7. The molecule has 3 aromatic rings. The second-order valence-corrected chi connectivity index (χ2v) is 9.33. The molecule has 0 bridgehead atoms. The minimum absolute atomic E-state index is 0.123. The molecule has 0 radical (unpaired) electrons. The molecule has 4 rings (SSSR count). The van der Waals surface area contributed by atoms with Gasteiger partial charge in [-0.05, 0) is 61.4 Å². The number of piperidine rings is 1. The summed E-state index contributed by atoms with van der Waals surface area (Å²) in [7, 11) is 3.12. The Kier molecular flexibility index (Phi) is 7.95. The molecule has 0 spiro atoms. The molecule has 3 aromatic carbocycles. The van der Waals surface area contributed by atoms with Crippen LogP contribution in [0.4, 0.5) is 26.2 Å². The molecule has 1 saturated heterocycles. The highest BCUT2D eigenvalue weighted by molar-refractivity contribution is 6.02. The number of carbonyl (C=O) groups is 3. The van der Waals surface area contributed by atoms with E-state index >= 15 is 0 Å². The third-order valence-electron chi connectivity index (χ3n) is 7.01. The van der Waals surface area contributed by atoms with Crippen LogP contribution in [-0.4, -0.2) is 55.2 Å². The molecule has 1 aliphatic rings. The Bertz CT molecular complexity index is 1290. The minimum Gasteiger partial charge on any atom is -0.497 e. The fourth-order valence-corrected chi connectivity index (χ4v) is 4.71. The van der Waals surface area contributed by atoms with Crippen molar-refractivity contribution in [2.45, 2.75) is 19.3 Å². The van der Waals surface area contributed by atoms with Crippen LogP contribution >= 0.6 is 0 Å². The summed E-state index contributed by atoms with van der Waals surface area (Å²) < 4.78 is 18.6. The molecule has 9 heteroatoms. The van der Waals surface area contributed by atoms with E-state index in [9.17, 15) is 23.9 Å². The van der Waals surface area contributed by atoms with Crippen LogP contribution in [0.1, 0.15) is 19.3 Å². The molecule has 1 N–H and O–H groups in total. The Hall–Kier alpha value is -4.40. The molecule has 3 amide bonds. The molecular formula is C29H30FN3O5. The van der Waals surface area contributed by atoms with Crippen molar-refractivity contribution in [3.63, 3.8) is 0 Å². The predicted octanol–water partition coefficient (Wildman–Crippen LogP) is 5.31. The van der Waals surface area contributed by atoms with Crippen molar-refractivity contribution in [3.05, 3.63) is 84.7 Å². The zero-order valence-electron chi connectivity index (χ0n) is 21.3. The van der Waals surface area contributed by atoms with E-state index in [2.05, 4.69) is 0 Å². The van der Waals surface area contributed by atoms with Crippen molar-refractivity contribution in [3.8, 4) is 5.75 Å². The van der Waals surface area contributed by atoms with E-state index in [-0.39, 0.29) is 44.3 Å². The predicted molar refractivity (Wildman–Crippen MR) is 142 cm³/mol. The fourth-order valence-electron chi connectivity index (χ4n) is 4.71. The largest absolute Gasteiger partial charge is 0.497 e. The number of para-hydroxylation sites is 1. The maximum Gasteiger partial charge on any atom is 0.324 e. The first-order valence-electron chi connectivity index (χ1n) is 12.3. The molecule has 0 atom stereocenters. The summed E-state index contributed by atoms with van der Waals surface area (Å²) in [6.07, 6.45) is 0.0138. The lowest BCUT2D eigenvalue weighted by Gasteiger charge is -2.40. The number of carbonyl (C=O) groups excluding carboxylic acids is 2. The minimum atomic E-state index is -1.33.